The number of sulfonamides is 1. The van der Waals surface area contributed by atoms with Gasteiger partial charge in [0, 0.05) is 12.3 Å². The molecule has 1 saturated heterocycles. The van der Waals surface area contributed by atoms with Crippen LogP contribution in [0.2, 0.25) is 5.02 Å². The van der Waals surface area contributed by atoms with E-state index >= 15 is 0 Å². The maximum atomic E-state index is 12.0. The summed E-state index contributed by atoms with van der Waals surface area (Å²) >= 11 is 5.85. The van der Waals surface area contributed by atoms with Crippen molar-refractivity contribution in [2.24, 2.45) is 11.1 Å². The van der Waals surface area contributed by atoms with E-state index < -0.39 is 10.0 Å². The van der Waals surface area contributed by atoms with Crippen LogP contribution in [0.1, 0.15) is 12.8 Å². The predicted molar refractivity (Wildman–Crippen MR) is 75.0 cm³/mol. The number of benzene rings is 1. The Hall–Kier alpha value is -1.15. The second kappa shape index (κ2) is 6.09. The number of amides is 1. The number of carbonyl (C=O) groups is 1. The molecule has 6 nitrogen and oxygen atoms in total. The van der Waals surface area contributed by atoms with Gasteiger partial charge in [0.05, 0.1) is 17.5 Å². The fourth-order valence-electron chi connectivity index (χ4n) is 2.00. The lowest BCUT2D eigenvalue weighted by Gasteiger charge is -2.21. The van der Waals surface area contributed by atoms with Crippen LogP contribution in [0.4, 0.5) is 5.69 Å². The van der Waals surface area contributed by atoms with Crippen molar-refractivity contribution < 1.29 is 17.9 Å². The molecule has 3 N–H and O–H groups in total. The number of primary sulfonamides is 1. The van der Waals surface area contributed by atoms with Crippen molar-refractivity contribution in [2.75, 3.05) is 18.5 Å². The van der Waals surface area contributed by atoms with Crippen molar-refractivity contribution in [1.82, 2.24) is 0 Å². The molecule has 1 amide bonds. The number of rotatable bonds is 3. The van der Waals surface area contributed by atoms with Gasteiger partial charge < -0.3 is 10.1 Å². The monoisotopic (exact) mass is 318 g/mol. The molecule has 0 aromatic heterocycles. The number of hydrogen-bond donors (Lipinski definition) is 2. The maximum absolute atomic E-state index is 12.0. The van der Waals surface area contributed by atoms with Crippen molar-refractivity contribution in [1.29, 1.82) is 0 Å². The minimum atomic E-state index is -3.86. The Balaban J connectivity index is 2.10. The Bertz CT molecular complexity index is 612. The van der Waals surface area contributed by atoms with Crippen LogP contribution < -0.4 is 10.5 Å². The molecule has 1 aromatic carbocycles. The average molecular weight is 319 g/mol. The molecule has 20 heavy (non-hydrogen) atoms. The zero-order valence-electron chi connectivity index (χ0n) is 10.6. The van der Waals surface area contributed by atoms with Crippen LogP contribution in [0.15, 0.2) is 23.1 Å². The van der Waals surface area contributed by atoms with E-state index in [0.29, 0.717) is 18.9 Å². The van der Waals surface area contributed by atoms with Crippen LogP contribution in [0.25, 0.3) is 0 Å². The Morgan fingerprint density at radius 3 is 2.75 bits per heavy atom. The van der Waals surface area contributed by atoms with E-state index in [9.17, 15) is 13.2 Å². The van der Waals surface area contributed by atoms with E-state index in [4.69, 9.17) is 21.5 Å². The lowest BCUT2D eigenvalue weighted by Crippen LogP contribution is -2.30. The second-order valence-electron chi connectivity index (χ2n) is 4.59. The quantitative estimate of drug-likeness (QED) is 0.878. The molecule has 1 unspecified atom stereocenters. The number of ether oxygens (including phenoxy) is 1. The summed E-state index contributed by atoms with van der Waals surface area (Å²) in [6.07, 6.45) is 1.62. The van der Waals surface area contributed by atoms with Crippen molar-refractivity contribution in [3.8, 4) is 0 Å². The van der Waals surface area contributed by atoms with Gasteiger partial charge in [0.1, 0.15) is 4.90 Å². The Morgan fingerprint density at radius 1 is 1.45 bits per heavy atom. The van der Waals surface area contributed by atoms with Gasteiger partial charge in [-0.25, -0.2) is 13.6 Å². The first kappa shape index (κ1) is 15.2. The lowest BCUT2D eigenvalue weighted by molar-refractivity contribution is -0.123. The predicted octanol–water partition coefficient (Wildman–Crippen LogP) is 1.35. The number of nitrogens with one attached hydrogen (secondary N) is 1. The normalized spacial score (nSPS) is 19.6. The van der Waals surface area contributed by atoms with Crippen molar-refractivity contribution in [3.05, 3.63) is 23.2 Å². The maximum Gasteiger partial charge on any atom is 0.239 e. The van der Waals surface area contributed by atoms with Gasteiger partial charge in [-0.05, 0) is 31.0 Å². The highest BCUT2D eigenvalue weighted by Crippen LogP contribution is 2.25. The highest BCUT2D eigenvalue weighted by atomic mass is 35.5. The van der Waals surface area contributed by atoms with Crippen LogP contribution in [0.3, 0.4) is 0 Å². The van der Waals surface area contributed by atoms with E-state index in [-0.39, 0.29) is 21.7 Å². The molecule has 1 fully saturated rings. The molecule has 1 aliphatic rings. The van der Waals surface area contributed by atoms with Crippen molar-refractivity contribution in [3.63, 3.8) is 0 Å². The van der Waals surface area contributed by atoms with E-state index in [1.165, 1.54) is 18.2 Å². The number of anilines is 1. The summed E-state index contributed by atoms with van der Waals surface area (Å²) in [7, 11) is -3.86. The molecule has 2 rings (SSSR count). The second-order valence-corrected chi connectivity index (χ2v) is 6.53. The summed E-state index contributed by atoms with van der Waals surface area (Å²) in [6.45, 7) is 1.08. The van der Waals surface area contributed by atoms with Gasteiger partial charge in [-0.3, -0.25) is 4.79 Å². The molecule has 0 radical (unpaired) electrons. The summed E-state index contributed by atoms with van der Waals surface area (Å²) in [4.78, 5) is 11.8. The van der Waals surface area contributed by atoms with Gasteiger partial charge in [-0.1, -0.05) is 11.6 Å². The van der Waals surface area contributed by atoms with E-state index in [0.717, 1.165) is 12.8 Å². The molecule has 1 heterocycles. The summed E-state index contributed by atoms with van der Waals surface area (Å²) in [5.74, 6) is -0.357. The van der Waals surface area contributed by atoms with Gasteiger partial charge in [0.25, 0.3) is 0 Å². The van der Waals surface area contributed by atoms with Crippen molar-refractivity contribution >= 4 is 33.2 Å². The Morgan fingerprint density at radius 2 is 2.20 bits per heavy atom. The smallest absolute Gasteiger partial charge is 0.239 e. The molecular weight excluding hydrogens is 304 g/mol. The third-order valence-electron chi connectivity index (χ3n) is 3.04. The molecular formula is C12H15ClN2O4S. The fraction of sp³-hybridized carbons (Fsp3) is 0.417. The first-order valence-corrected chi connectivity index (χ1v) is 8.01. The standard InChI is InChI=1S/C12H15ClN2O4S/c13-10-6-9(3-4-11(10)20(14,17)18)15-12(16)8-2-1-5-19-7-8/h3-4,6,8H,1-2,5,7H2,(H,15,16)(H2,14,17,18). The minimum Gasteiger partial charge on any atom is -0.381 e. The van der Waals surface area contributed by atoms with Crippen LogP contribution in [0, 0.1) is 5.92 Å². The molecule has 0 bridgehead atoms. The van der Waals surface area contributed by atoms with Crippen LogP contribution in [-0.4, -0.2) is 27.5 Å². The van der Waals surface area contributed by atoms with E-state index in [1.807, 2.05) is 0 Å². The van der Waals surface area contributed by atoms with E-state index in [2.05, 4.69) is 5.32 Å². The van der Waals surface area contributed by atoms with Crippen LogP contribution >= 0.6 is 11.6 Å². The SMILES string of the molecule is NS(=O)(=O)c1ccc(NC(=O)C2CCCOC2)cc1Cl. The highest BCUT2D eigenvalue weighted by molar-refractivity contribution is 7.89. The lowest BCUT2D eigenvalue weighted by atomic mass is 10.0. The van der Waals surface area contributed by atoms with Gasteiger partial charge >= 0.3 is 0 Å². The summed E-state index contributed by atoms with van der Waals surface area (Å²) < 4.78 is 27.7. The molecule has 110 valence electrons. The molecule has 0 spiro atoms. The van der Waals surface area contributed by atoms with E-state index in [1.54, 1.807) is 0 Å². The van der Waals surface area contributed by atoms with Crippen molar-refractivity contribution in [2.45, 2.75) is 17.7 Å². The van der Waals surface area contributed by atoms with Gasteiger partial charge in [-0.15, -0.1) is 0 Å². The third-order valence-corrected chi connectivity index (χ3v) is 4.43. The molecule has 8 heteroatoms. The van der Waals surface area contributed by atoms with Crippen LogP contribution in [-0.2, 0) is 19.6 Å². The summed E-state index contributed by atoms with van der Waals surface area (Å²) in [5.41, 5.74) is 0.429. The summed E-state index contributed by atoms with van der Waals surface area (Å²) in [6, 6.07) is 4.08. The first-order valence-electron chi connectivity index (χ1n) is 6.09. The zero-order chi connectivity index (χ0) is 14.8. The number of halogens is 1. The Labute approximate surface area is 122 Å². The minimum absolute atomic E-state index is 0.0230. The molecule has 0 aliphatic carbocycles. The number of carbonyl (C=O) groups excluding carboxylic acids is 1. The van der Waals surface area contributed by atoms with Gasteiger partial charge in [0.2, 0.25) is 15.9 Å². The molecule has 1 aliphatic heterocycles. The molecule has 1 aromatic rings. The van der Waals surface area contributed by atoms with Gasteiger partial charge in [0.15, 0.2) is 0 Å². The Kier molecular flexibility index (Phi) is 4.64. The number of nitrogens with two attached hydrogens (primary N) is 1. The van der Waals surface area contributed by atoms with Gasteiger partial charge in [-0.2, -0.15) is 0 Å². The summed E-state index contributed by atoms with van der Waals surface area (Å²) in [5, 5.41) is 7.68. The topological polar surface area (TPSA) is 98.5 Å². The molecule has 1 atom stereocenters. The number of hydrogen-bond acceptors (Lipinski definition) is 4. The first-order chi connectivity index (χ1) is 9.38. The largest absolute Gasteiger partial charge is 0.381 e. The fourth-order valence-corrected chi connectivity index (χ4v) is 3.09. The average Bonchev–Trinajstić information content (AvgIpc) is 2.38. The zero-order valence-corrected chi connectivity index (χ0v) is 12.2. The third kappa shape index (κ3) is 3.69. The van der Waals surface area contributed by atoms with Crippen LogP contribution in [0.5, 0.6) is 0 Å². The highest BCUT2D eigenvalue weighted by Gasteiger charge is 2.22. The molecule has 0 saturated carbocycles.